The van der Waals surface area contributed by atoms with Crippen LogP contribution in [-0.2, 0) is 16.1 Å². The Bertz CT molecular complexity index is 591. The lowest BCUT2D eigenvalue weighted by molar-refractivity contribution is -0.120. The zero-order valence-electron chi connectivity index (χ0n) is 11.9. The zero-order valence-corrected chi connectivity index (χ0v) is 11.9. The van der Waals surface area contributed by atoms with Crippen molar-refractivity contribution in [3.8, 4) is 0 Å². The summed E-state index contributed by atoms with van der Waals surface area (Å²) in [6, 6.07) is 11.9. The quantitative estimate of drug-likeness (QED) is 0.849. The van der Waals surface area contributed by atoms with Gasteiger partial charge in [-0.2, -0.15) is 5.10 Å². The van der Waals surface area contributed by atoms with E-state index in [1.807, 2.05) is 36.5 Å². The lowest BCUT2D eigenvalue weighted by Gasteiger charge is -2.04. The summed E-state index contributed by atoms with van der Waals surface area (Å²) in [5.74, 6) is 1.08. The second-order valence-electron chi connectivity index (χ2n) is 5.39. The van der Waals surface area contributed by atoms with Gasteiger partial charge in [0.05, 0.1) is 13.2 Å². The van der Waals surface area contributed by atoms with Gasteiger partial charge in [0.1, 0.15) is 6.61 Å². The Hall–Kier alpha value is -2.14. The van der Waals surface area contributed by atoms with Gasteiger partial charge >= 0.3 is 0 Å². The monoisotopic (exact) mass is 285 g/mol. The van der Waals surface area contributed by atoms with Crippen LogP contribution in [0.5, 0.6) is 0 Å². The highest BCUT2D eigenvalue weighted by Crippen LogP contribution is 2.28. The highest BCUT2D eigenvalue weighted by molar-refractivity contribution is 5.90. The second kappa shape index (κ2) is 6.54. The fourth-order valence-corrected chi connectivity index (χ4v) is 2.07. The maximum Gasteiger partial charge on any atom is 0.251 e. The molecule has 5 nitrogen and oxygen atoms in total. The van der Waals surface area contributed by atoms with Gasteiger partial charge < -0.3 is 10.1 Å². The van der Waals surface area contributed by atoms with Crippen LogP contribution in [0.3, 0.4) is 0 Å². The average molecular weight is 285 g/mol. The van der Waals surface area contributed by atoms with Crippen molar-refractivity contribution >= 4 is 11.7 Å². The number of nitrogens with zero attached hydrogens (tertiary/aromatic N) is 2. The van der Waals surface area contributed by atoms with E-state index in [1.165, 1.54) is 18.4 Å². The first-order valence-electron chi connectivity index (χ1n) is 7.24. The Morgan fingerprint density at radius 2 is 2.10 bits per heavy atom. The number of ether oxygens (including phenoxy) is 1. The number of benzene rings is 1. The number of aromatic nitrogens is 2. The lowest BCUT2D eigenvalue weighted by Crippen LogP contribution is -2.19. The van der Waals surface area contributed by atoms with Crippen LogP contribution in [0.1, 0.15) is 18.4 Å². The summed E-state index contributed by atoms with van der Waals surface area (Å²) < 4.78 is 7.15. The molecule has 2 aromatic rings. The molecular formula is C16H19N3O2. The largest absolute Gasteiger partial charge is 0.371 e. The van der Waals surface area contributed by atoms with E-state index in [0.717, 1.165) is 0 Å². The Morgan fingerprint density at radius 1 is 1.29 bits per heavy atom. The van der Waals surface area contributed by atoms with Crippen LogP contribution >= 0.6 is 0 Å². The molecule has 0 unspecified atom stereocenters. The van der Waals surface area contributed by atoms with Crippen LogP contribution < -0.4 is 5.32 Å². The van der Waals surface area contributed by atoms with Crippen LogP contribution in [0.15, 0.2) is 42.6 Å². The second-order valence-corrected chi connectivity index (χ2v) is 5.39. The first-order valence-corrected chi connectivity index (χ1v) is 7.24. The van der Waals surface area contributed by atoms with Crippen molar-refractivity contribution in [2.75, 3.05) is 18.5 Å². The van der Waals surface area contributed by atoms with Crippen molar-refractivity contribution < 1.29 is 9.53 Å². The third-order valence-corrected chi connectivity index (χ3v) is 3.38. The summed E-state index contributed by atoms with van der Waals surface area (Å²) in [5, 5.41) is 7.08. The number of anilines is 1. The van der Waals surface area contributed by atoms with Gasteiger partial charge in [-0.05, 0) is 24.3 Å². The van der Waals surface area contributed by atoms with Gasteiger partial charge in [-0.25, -0.2) is 0 Å². The number of hydrogen-bond acceptors (Lipinski definition) is 3. The van der Waals surface area contributed by atoms with Crippen LogP contribution in [0.2, 0.25) is 0 Å². The van der Waals surface area contributed by atoms with Gasteiger partial charge in [0.25, 0.3) is 5.91 Å². The van der Waals surface area contributed by atoms with Crippen LogP contribution in [-0.4, -0.2) is 28.9 Å². The molecule has 1 aliphatic carbocycles. The minimum Gasteiger partial charge on any atom is -0.371 e. The molecule has 0 atom stereocenters. The lowest BCUT2D eigenvalue weighted by atomic mass is 10.2. The first kappa shape index (κ1) is 13.8. The predicted octanol–water partition coefficient (Wildman–Crippen LogP) is 2.30. The van der Waals surface area contributed by atoms with Crippen LogP contribution in [0.25, 0.3) is 0 Å². The van der Waals surface area contributed by atoms with Gasteiger partial charge in [0.15, 0.2) is 5.82 Å². The maximum absolute atomic E-state index is 11.7. The smallest absolute Gasteiger partial charge is 0.251 e. The number of carbonyl (C=O) groups excluding carboxylic acids is 1. The Kier molecular flexibility index (Phi) is 4.31. The number of amides is 1. The topological polar surface area (TPSA) is 56.1 Å². The van der Waals surface area contributed by atoms with E-state index in [-0.39, 0.29) is 12.5 Å². The predicted molar refractivity (Wildman–Crippen MR) is 79.9 cm³/mol. The van der Waals surface area contributed by atoms with Gasteiger partial charge in [0.2, 0.25) is 0 Å². The van der Waals surface area contributed by atoms with E-state index in [0.29, 0.717) is 24.9 Å². The van der Waals surface area contributed by atoms with Gasteiger partial charge in [-0.15, -0.1) is 0 Å². The maximum atomic E-state index is 11.7. The fraction of sp³-hybridized carbons (Fsp3) is 0.375. The third-order valence-electron chi connectivity index (χ3n) is 3.38. The molecule has 110 valence electrons. The Balaban J connectivity index is 1.46. The van der Waals surface area contributed by atoms with E-state index >= 15 is 0 Å². The van der Waals surface area contributed by atoms with Gasteiger partial charge in [-0.3, -0.25) is 9.48 Å². The molecule has 0 saturated heterocycles. The molecule has 3 rings (SSSR count). The molecule has 1 saturated carbocycles. The number of carbonyl (C=O) groups is 1. The molecular weight excluding hydrogens is 266 g/mol. The number of rotatable bonds is 7. The normalized spacial score (nSPS) is 14.1. The Morgan fingerprint density at radius 3 is 2.86 bits per heavy atom. The van der Waals surface area contributed by atoms with Crippen molar-refractivity contribution in [3.05, 3.63) is 48.2 Å². The van der Waals surface area contributed by atoms with Gasteiger partial charge in [-0.1, -0.05) is 30.3 Å². The van der Waals surface area contributed by atoms with Crippen molar-refractivity contribution in [3.63, 3.8) is 0 Å². The Labute approximate surface area is 123 Å². The highest BCUT2D eigenvalue weighted by Gasteiger charge is 2.21. The van der Waals surface area contributed by atoms with Crippen molar-refractivity contribution in [2.45, 2.75) is 19.4 Å². The average Bonchev–Trinajstić information content (AvgIpc) is 3.21. The van der Waals surface area contributed by atoms with E-state index < -0.39 is 0 Å². The molecule has 1 fully saturated rings. The summed E-state index contributed by atoms with van der Waals surface area (Å²) in [5.41, 5.74) is 1.17. The van der Waals surface area contributed by atoms with Gasteiger partial charge in [0, 0.05) is 12.3 Å². The molecule has 5 heteroatoms. The first-order chi connectivity index (χ1) is 10.3. The molecule has 0 spiro atoms. The summed E-state index contributed by atoms with van der Waals surface area (Å²) in [6.07, 6.45) is 4.31. The van der Waals surface area contributed by atoms with Crippen LogP contribution in [0, 0.1) is 5.92 Å². The molecule has 0 bridgehead atoms. The summed E-state index contributed by atoms with van der Waals surface area (Å²) in [6.45, 7) is 1.48. The molecule has 1 aromatic carbocycles. The molecule has 1 aromatic heterocycles. The number of hydrogen-bond donors (Lipinski definition) is 1. The van der Waals surface area contributed by atoms with E-state index in [2.05, 4.69) is 10.4 Å². The standard InChI is InChI=1S/C16H19N3O2/c20-16(12-21-11-14-6-7-14)17-15-8-9-19(18-15)10-13-4-2-1-3-5-13/h1-5,8-9,14H,6-7,10-12H2,(H,17,18,20). The SMILES string of the molecule is O=C(COCC1CC1)Nc1ccn(Cc2ccccc2)n1. The van der Waals surface area contributed by atoms with Crippen molar-refractivity contribution in [1.82, 2.24) is 9.78 Å². The minimum absolute atomic E-state index is 0.0993. The molecule has 21 heavy (non-hydrogen) atoms. The van der Waals surface area contributed by atoms with Crippen molar-refractivity contribution in [1.29, 1.82) is 0 Å². The molecule has 1 amide bonds. The molecule has 0 radical (unpaired) electrons. The molecule has 1 N–H and O–H groups in total. The summed E-state index contributed by atoms with van der Waals surface area (Å²) >= 11 is 0. The molecule has 0 aliphatic heterocycles. The van der Waals surface area contributed by atoms with E-state index in [9.17, 15) is 4.79 Å². The molecule has 1 heterocycles. The molecule has 1 aliphatic rings. The zero-order chi connectivity index (χ0) is 14.5. The number of nitrogens with one attached hydrogen (secondary N) is 1. The highest BCUT2D eigenvalue weighted by atomic mass is 16.5. The van der Waals surface area contributed by atoms with Crippen molar-refractivity contribution in [2.24, 2.45) is 5.92 Å². The third kappa shape index (κ3) is 4.43. The van der Waals surface area contributed by atoms with E-state index in [1.54, 1.807) is 10.7 Å². The fourth-order valence-electron chi connectivity index (χ4n) is 2.07. The summed E-state index contributed by atoms with van der Waals surface area (Å²) in [7, 11) is 0. The minimum atomic E-state index is -0.152. The van der Waals surface area contributed by atoms with E-state index in [4.69, 9.17) is 4.74 Å². The van der Waals surface area contributed by atoms with Crippen LogP contribution in [0.4, 0.5) is 5.82 Å². The summed E-state index contributed by atoms with van der Waals surface area (Å²) in [4.78, 5) is 11.7.